The number of amides is 1. The Hall–Kier alpha value is -2.49. The van der Waals surface area contributed by atoms with Crippen LogP contribution in [-0.2, 0) is 11.3 Å². The van der Waals surface area contributed by atoms with E-state index >= 15 is 0 Å². The van der Waals surface area contributed by atoms with Gasteiger partial charge in [-0.15, -0.1) is 0 Å². The molecule has 0 aromatic heterocycles. The van der Waals surface area contributed by atoms with E-state index < -0.39 is 0 Å². The van der Waals surface area contributed by atoms with E-state index in [0.717, 1.165) is 30.0 Å². The summed E-state index contributed by atoms with van der Waals surface area (Å²) in [4.78, 5) is 16.6. The SMILES string of the molecule is Cc1ccc(OCC(=O)N(C)Cc2ccc(N3CCCCC3)cc2)c(C)c1. The monoisotopic (exact) mass is 366 g/mol. The van der Waals surface area contributed by atoms with Crippen LogP contribution >= 0.6 is 0 Å². The van der Waals surface area contributed by atoms with Gasteiger partial charge in [-0.3, -0.25) is 4.79 Å². The third kappa shape index (κ3) is 5.25. The number of aryl methyl sites for hydroxylation is 2. The number of nitrogens with zero attached hydrogens (tertiary/aromatic N) is 2. The average molecular weight is 367 g/mol. The van der Waals surface area contributed by atoms with Crippen LogP contribution in [0.25, 0.3) is 0 Å². The van der Waals surface area contributed by atoms with Crippen LogP contribution < -0.4 is 9.64 Å². The molecule has 0 N–H and O–H groups in total. The molecule has 144 valence electrons. The summed E-state index contributed by atoms with van der Waals surface area (Å²) in [6, 6.07) is 14.6. The Labute approximate surface area is 162 Å². The molecule has 0 saturated carbocycles. The van der Waals surface area contributed by atoms with Crippen LogP contribution in [0.4, 0.5) is 5.69 Å². The Morgan fingerprint density at radius 2 is 1.74 bits per heavy atom. The molecule has 1 aliphatic rings. The van der Waals surface area contributed by atoms with Gasteiger partial charge in [0, 0.05) is 32.4 Å². The van der Waals surface area contributed by atoms with E-state index in [0.29, 0.717) is 6.54 Å². The molecule has 0 radical (unpaired) electrons. The quantitative estimate of drug-likeness (QED) is 0.763. The predicted octanol–water partition coefficient (Wildman–Crippen LogP) is 4.33. The number of benzene rings is 2. The van der Waals surface area contributed by atoms with Crippen LogP contribution in [0.2, 0.25) is 0 Å². The van der Waals surface area contributed by atoms with E-state index in [4.69, 9.17) is 4.74 Å². The first-order valence-electron chi connectivity index (χ1n) is 9.81. The normalized spacial score (nSPS) is 14.1. The molecule has 0 aliphatic carbocycles. The highest BCUT2D eigenvalue weighted by Gasteiger charge is 2.13. The highest BCUT2D eigenvalue weighted by Crippen LogP contribution is 2.21. The molecule has 2 aromatic carbocycles. The number of anilines is 1. The van der Waals surface area contributed by atoms with Crippen LogP contribution in [0, 0.1) is 13.8 Å². The first kappa shape index (κ1) is 19.3. The maximum absolute atomic E-state index is 12.4. The zero-order chi connectivity index (χ0) is 19.2. The van der Waals surface area contributed by atoms with Gasteiger partial charge in [0.2, 0.25) is 0 Å². The Bertz CT molecular complexity index is 764. The maximum Gasteiger partial charge on any atom is 0.260 e. The number of ether oxygens (including phenoxy) is 1. The Kier molecular flexibility index (Phi) is 6.38. The fourth-order valence-corrected chi connectivity index (χ4v) is 3.54. The highest BCUT2D eigenvalue weighted by atomic mass is 16.5. The molecule has 0 unspecified atom stereocenters. The highest BCUT2D eigenvalue weighted by molar-refractivity contribution is 5.77. The molecule has 1 aliphatic heterocycles. The second kappa shape index (κ2) is 8.94. The summed E-state index contributed by atoms with van der Waals surface area (Å²) in [6.45, 7) is 7.00. The summed E-state index contributed by atoms with van der Waals surface area (Å²) in [6.07, 6.45) is 3.89. The molecule has 1 fully saturated rings. The lowest BCUT2D eigenvalue weighted by molar-refractivity contribution is -0.132. The maximum atomic E-state index is 12.4. The van der Waals surface area contributed by atoms with Crippen LogP contribution in [-0.4, -0.2) is 37.6 Å². The minimum absolute atomic E-state index is 0.0184. The fourth-order valence-electron chi connectivity index (χ4n) is 3.54. The van der Waals surface area contributed by atoms with Crippen molar-refractivity contribution in [3.05, 3.63) is 59.2 Å². The van der Waals surface area contributed by atoms with E-state index in [2.05, 4.69) is 35.2 Å². The minimum atomic E-state index is -0.0184. The van der Waals surface area contributed by atoms with E-state index in [1.807, 2.05) is 33.0 Å². The van der Waals surface area contributed by atoms with Gasteiger partial charge in [0.25, 0.3) is 5.91 Å². The second-order valence-corrected chi connectivity index (χ2v) is 7.52. The lowest BCUT2D eigenvalue weighted by Gasteiger charge is -2.29. The van der Waals surface area contributed by atoms with Gasteiger partial charge >= 0.3 is 0 Å². The molecular formula is C23H30N2O2. The number of rotatable bonds is 6. The lowest BCUT2D eigenvalue weighted by atomic mass is 10.1. The minimum Gasteiger partial charge on any atom is -0.484 e. The number of likely N-dealkylation sites (N-methyl/N-ethyl adjacent to an activating group) is 1. The van der Waals surface area contributed by atoms with Crippen molar-refractivity contribution in [2.45, 2.75) is 39.7 Å². The predicted molar refractivity (Wildman–Crippen MR) is 110 cm³/mol. The molecule has 0 bridgehead atoms. The number of hydrogen-bond acceptors (Lipinski definition) is 3. The summed E-state index contributed by atoms with van der Waals surface area (Å²) in [5.41, 5.74) is 4.67. The Balaban J connectivity index is 1.51. The van der Waals surface area contributed by atoms with Crippen molar-refractivity contribution in [3.63, 3.8) is 0 Å². The zero-order valence-electron chi connectivity index (χ0n) is 16.7. The van der Waals surface area contributed by atoms with E-state index in [-0.39, 0.29) is 12.5 Å². The molecule has 27 heavy (non-hydrogen) atoms. The molecule has 1 amide bonds. The van der Waals surface area contributed by atoms with Crippen LogP contribution in [0.5, 0.6) is 5.75 Å². The average Bonchev–Trinajstić information content (AvgIpc) is 2.68. The van der Waals surface area contributed by atoms with E-state index in [9.17, 15) is 4.79 Å². The topological polar surface area (TPSA) is 32.8 Å². The summed E-state index contributed by atoms with van der Waals surface area (Å²) in [5, 5.41) is 0. The number of carbonyl (C=O) groups excluding carboxylic acids is 1. The molecule has 2 aromatic rings. The van der Waals surface area contributed by atoms with Crippen molar-refractivity contribution >= 4 is 11.6 Å². The van der Waals surface area contributed by atoms with Gasteiger partial charge < -0.3 is 14.5 Å². The van der Waals surface area contributed by atoms with Gasteiger partial charge in [0.15, 0.2) is 6.61 Å². The Morgan fingerprint density at radius 3 is 2.41 bits per heavy atom. The molecule has 4 heteroatoms. The molecular weight excluding hydrogens is 336 g/mol. The molecule has 1 heterocycles. The van der Waals surface area contributed by atoms with Crippen molar-refractivity contribution in [1.82, 2.24) is 4.90 Å². The van der Waals surface area contributed by atoms with Gasteiger partial charge in [-0.25, -0.2) is 0 Å². The number of hydrogen-bond donors (Lipinski definition) is 0. The number of piperidine rings is 1. The van der Waals surface area contributed by atoms with Crippen molar-refractivity contribution in [2.24, 2.45) is 0 Å². The lowest BCUT2D eigenvalue weighted by Crippen LogP contribution is -2.31. The number of carbonyl (C=O) groups is 1. The van der Waals surface area contributed by atoms with Crippen molar-refractivity contribution < 1.29 is 9.53 Å². The van der Waals surface area contributed by atoms with E-state index in [1.165, 1.54) is 30.5 Å². The summed E-state index contributed by atoms with van der Waals surface area (Å²) in [5.74, 6) is 0.753. The second-order valence-electron chi connectivity index (χ2n) is 7.52. The first-order valence-corrected chi connectivity index (χ1v) is 9.81. The first-order chi connectivity index (χ1) is 13.0. The smallest absolute Gasteiger partial charge is 0.260 e. The van der Waals surface area contributed by atoms with Crippen molar-refractivity contribution in [3.8, 4) is 5.75 Å². The van der Waals surface area contributed by atoms with Gasteiger partial charge in [0.05, 0.1) is 0 Å². The van der Waals surface area contributed by atoms with E-state index in [1.54, 1.807) is 4.90 Å². The summed E-state index contributed by atoms with van der Waals surface area (Å²) < 4.78 is 5.71. The van der Waals surface area contributed by atoms with Gasteiger partial charge in [0.1, 0.15) is 5.75 Å². The summed E-state index contributed by atoms with van der Waals surface area (Å²) in [7, 11) is 1.83. The molecule has 4 nitrogen and oxygen atoms in total. The molecule has 1 saturated heterocycles. The fraction of sp³-hybridized carbons (Fsp3) is 0.435. The summed E-state index contributed by atoms with van der Waals surface area (Å²) >= 11 is 0. The molecule has 0 spiro atoms. The standard InChI is InChI=1S/C23H30N2O2/c1-18-7-12-22(19(2)15-18)27-17-23(26)24(3)16-20-8-10-21(11-9-20)25-13-5-4-6-14-25/h7-12,15H,4-6,13-14,16-17H2,1-3H3. The van der Waals surface area contributed by atoms with Crippen molar-refractivity contribution in [2.75, 3.05) is 31.6 Å². The molecule has 0 atom stereocenters. The van der Waals surface area contributed by atoms with Crippen molar-refractivity contribution in [1.29, 1.82) is 0 Å². The third-order valence-corrected chi connectivity index (χ3v) is 5.18. The largest absolute Gasteiger partial charge is 0.484 e. The van der Waals surface area contributed by atoms with Gasteiger partial charge in [-0.05, 0) is 62.4 Å². The molecule has 3 rings (SSSR count). The van der Waals surface area contributed by atoms with Crippen LogP contribution in [0.3, 0.4) is 0 Å². The van der Waals surface area contributed by atoms with Crippen LogP contribution in [0.1, 0.15) is 36.0 Å². The van der Waals surface area contributed by atoms with Gasteiger partial charge in [-0.1, -0.05) is 29.8 Å². The van der Waals surface area contributed by atoms with Crippen LogP contribution in [0.15, 0.2) is 42.5 Å². The van der Waals surface area contributed by atoms with Gasteiger partial charge in [-0.2, -0.15) is 0 Å². The third-order valence-electron chi connectivity index (χ3n) is 5.18. The Morgan fingerprint density at radius 1 is 1.04 bits per heavy atom. The zero-order valence-corrected chi connectivity index (χ0v) is 16.7.